The highest BCUT2D eigenvalue weighted by molar-refractivity contribution is 7.92. The van der Waals surface area contributed by atoms with Crippen molar-refractivity contribution in [1.82, 2.24) is 0 Å². The maximum atomic E-state index is 11.3. The summed E-state index contributed by atoms with van der Waals surface area (Å²) in [6.45, 7) is 0. The molecule has 0 fully saturated rings. The topological polar surface area (TPSA) is 54.4 Å². The number of aliphatic hydroxyl groups is 1. The van der Waals surface area contributed by atoms with Gasteiger partial charge in [-0.05, 0) is 16.7 Å². The van der Waals surface area contributed by atoms with Crippen molar-refractivity contribution in [2.75, 3.05) is 6.26 Å². The minimum Gasteiger partial charge on any atom is -0.386 e. The van der Waals surface area contributed by atoms with E-state index in [0.717, 1.165) is 17.4 Å². The van der Waals surface area contributed by atoms with E-state index < -0.39 is 20.7 Å². The number of alkyl halides is 1. The standard InChI is InChI=1S/C15H15ClO3S/c1-20(18,19)15(16)14(17)13-9-7-12(8-10-13)11-5-3-2-4-6-11/h2-10,14-15,17H,1H3/t14-,15+/m0/s1. The minimum atomic E-state index is -3.50. The van der Waals surface area contributed by atoms with Crippen LogP contribution in [-0.4, -0.2) is 24.5 Å². The minimum absolute atomic E-state index is 0.482. The van der Waals surface area contributed by atoms with Crippen LogP contribution in [0.1, 0.15) is 11.7 Å². The summed E-state index contributed by atoms with van der Waals surface area (Å²) in [4.78, 5) is 0. The summed E-state index contributed by atoms with van der Waals surface area (Å²) in [7, 11) is -3.50. The lowest BCUT2D eigenvalue weighted by atomic mass is 10.0. The molecule has 106 valence electrons. The third-order valence-electron chi connectivity index (χ3n) is 3.02. The zero-order valence-electron chi connectivity index (χ0n) is 10.9. The van der Waals surface area contributed by atoms with Crippen LogP contribution in [0.25, 0.3) is 11.1 Å². The fourth-order valence-electron chi connectivity index (χ4n) is 1.89. The van der Waals surface area contributed by atoms with Gasteiger partial charge in [0.2, 0.25) is 0 Å². The Hall–Kier alpha value is -1.36. The van der Waals surface area contributed by atoms with E-state index in [1.54, 1.807) is 12.1 Å². The zero-order valence-corrected chi connectivity index (χ0v) is 12.5. The fraction of sp³-hybridized carbons (Fsp3) is 0.200. The normalized spacial score (nSPS) is 14.8. The average Bonchev–Trinajstić information content (AvgIpc) is 2.46. The van der Waals surface area contributed by atoms with Gasteiger partial charge >= 0.3 is 0 Å². The number of hydrogen-bond acceptors (Lipinski definition) is 3. The second-order valence-corrected chi connectivity index (χ2v) is 7.51. The Morgan fingerprint density at radius 1 is 0.950 bits per heavy atom. The van der Waals surface area contributed by atoms with Crippen molar-refractivity contribution >= 4 is 21.4 Å². The number of sulfone groups is 1. The number of benzene rings is 2. The second kappa shape index (κ2) is 5.95. The quantitative estimate of drug-likeness (QED) is 0.883. The molecule has 2 atom stereocenters. The van der Waals surface area contributed by atoms with Gasteiger partial charge in [-0.15, -0.1) is 11.6 Å². The summed E-state index contributed by atoms with van der Waals surface area (Å²) < 4.78 is 21.3. The van der Waals surface area contributed by atoms with Crippen LogP contribution < -0.4 is 0 Å². The smallest absolute Gasteiger partial charge is 0.167 e. The first-order chi connectivity index (χ1) is 9.39. The zero-order chi connectivity index (χ0) is 14.8. The van der Waals surface area contributed by atoms with E-state index in [9.17, 15) is 13.5 Å². The first kappa shape index (κ1) is 15.0. The Morgan fingerprint density at radius 2 is 1.45 bits per heavy atom. The monoisotopic (exact) mass is 310 g/mol. The molecule has 0 bridgehead atoms. The summed E-state index contributed by atoms with van der Waals surface area (Å²) in [5, 5.41) is 9.98. The van der Waals surface area contributed by atoms with Gasteiger partial charge in [0.1, 0.15) is 6.10 Å². The second-order valence-electron chi connectivity index (χ2n) is 4.61. The molecule has 20 heavy (non-hydrogen) atoms. The molecular weight excluding hydrogens is 296 g/mol. The first-order valence-corrected chi connectivity index (χ1v) is 8.45. The third-order valence-corrected chi connectivity index (χ3v) is 5.30. The molecule has 0 aliphatic heterocycles. The van der Waals surface area contributed by atoms with Crippen molar-refractivity contribution in [2.24, 2.45) is 0 Å². The number of hydrogen-bond donors (Lipinski definition) is 1. The highest BCUT2D eigenvalue weighted by atomic mass is 35.5. The number of aliphatic hydroxyl groups excluding tert-OH is 1. The molecule has 0 unspecified atom stereocenters. The van der Waals surface area contributed by atoms with E-state index in [4.69, 9.17) is 11.6 Å². The first-order valence-electron chi connectivity index (χ1n) is 6.06. The molecule has 0 aliphatic rings. The van der Waals surface area contributed by atoms with Gasteiger partial charge < -0.3 is 5.11 Å². The Bertz CT molecular complexity index is 666. The Labute approximate surface area is 123 Å². The van der Waals surface area contributed by atoms with Crippen LogP contribution >= 0.6 is 11.6 Å². The van der Waals surface area contributed by atoms with Gasteiger partial charge in [-0.25, -0.2) is 8.42 Å². The van der Waals surface area contributed by atoms with Crippen molar-refractivity contribution in [3.8, 4) is 11.1 Å². The van der Waals surface area contributed by atoms with E-state index in [-0.39, 0.29) is 0 Å². The molecule has 0 heterocycles. The molecule has 0 radical (unpaired) electrons. The van der Waals surface area contributed by atoms with Crippen molar-refractivity contribution < 1.29 is 13.5 Å². The summed E-state index contributed by atoms with van der Waals surface area (Å²) >= 11 is 5.76. The Morgan fingerprint density at radius 3 is 1.95 bits per heavy atom. The highest BCUT2D eigenvalue weighted by Crippen LogP contribution is 2.27. The molecule has 0 aromatic heterocycles. The maximum Gasteiger partial charge on any atom is 0.167 e. The molecule has 0 amide bonds. The van der Waals surface area contributed by atoms with E-state index in [1.807, 2.05) is 42.5 Å². The predicted molar refractivity (Wildman–Crippen MR) is 81.3 cm³/mol. The Kier molecular flexibility index (Phi) is 4.48. The lowest BCUT2D eigenvalue weighted by Gasteiger charge is -2.16. The molecule has 2 aromatic carbocycles. The summed E-state index contributed by atoms with van der Waals surface area (Å²) in [5.41, 5.74) is 2.53. The molecule has 2 rings (SSSR count). The lowest BCUT2D eigenvalue weighted by molar-refractivity contribution is 0.192. The van der Waals surface area contributed by atoms with Gasteiger partial charge in [-0.1, -0.05) is 54.6 Å². The van der Waals surface area contributed by atoms with E-state index in [1.165, 1.54) is 0 Å². The molecule has 0 saturated heterocycles. The molecule has 0 saturated carbocycles. The van der Waals surface area contributed by atoms with Gasteiger partial charge in [0.25, 0.3) is 0 Å². The molecule has 2 aromatic rings. The van der Waals surface area contributed by atoms with E-state index in [2.05, 4.69) is 0 Å². The molecule has 5 heteroatoms. The van der Waals surface area contributed by atoms with Gasteiger partial charge in [-0.2, -0.15) is 0 Å². The van der Waals surface area contributed by atoms with Crippen molar-refractivity contribution in [1.29, 1.82) is 0 Å². The van der Waals surface area contributed by atoms with Crippen LogP contribution in [0, 0.1) is 0 Å². The number of halogens is 1. The van der Waals surface area contributed by atoms with Crippen LogP contribution in [0.4, 0.5) is 0 Å². The SMILES string of the molecule is CS(=O)(=O)[C@@H](Cl)[C@@H](O)c1ccc(-c2ccccc2)cc1. The van der Waals surface area contributed by atoms with E-state index >= 15 is 0 Å². The highest BCUT2D eigenvalue weighted by Gasteiger charge is 2.27. The van der Waals surface area contributed by atoms with Crippen molar-refractivity contribution in [3.05, 3.63) is 60.2 Å². The van der Waals surface area contributed by atoms with Gasteiger partial charge in [0.05, 0.1) is 0 Å². The Balaban J connectivity index is 2.25. The van der Waals surface area contributed by atoms with Crippen molar-refractivity contribution in [3.63, 3.8) is 0 Å². The van der Waals surface area contributed by atoms with Gasteiger partial charge in [0.15, 0.2) is 14.5 Å². The molecule has 0 aliphatic carbocycles. The molecule has 1 N–H and O–H groups in total. The molecular formula is C15H15ClO3S. The summed E-state index contributed by atoms with van der Waals surface area (Å²) in [6.07, 6.45) is -0.233. The van der Waals surface area contributed by atoms with Crippen molar-refractivity contribution in [2.45, 2.75) is 10.8 Å². The maximum absolute atomic E-state index is 11.3. The van der Waals surface area contributed by atoms with Crippen LogP contribution in [-0.2, 0) is 9.84 Å². The molecule has 0 spiro atoms. The fourth-order valence-corrected chi connectivity index (χ4v) is 2.66. The number of rotatable bonds is 4. The average molecular weight is 311 g/mol. The largest absolute Gasteiger partial charge is 0.386 e. The predicted octanol–water partition coefficient (Wildman–Crippen LogP) is 3.00. The van der Waals surface area contributed by atoms with Gasteiger partial charge in [-0.3, -0.25) is 0 Å². The van der Waals surface area contributed by atoms with Crippen LogP contribution in [0.15, 0.2) is 54.6 Å². The lowest BCUT2D eigenvalue weighted by Crippen LogP contribution is -2.21. The molecule has 3 nitrogen and oxygen atoms in total. The summed E-state index contributed by atoms with van der Waals surface area (Å²) in [5.74, 6) is 0. The third kappa shape index (κ3) is 3.39. The van der Waals surface area contributed by atoms with E-state index in [0.29, 0.717) is 5.56 Å². The van der Waals surface area contributed by atoms with Crippen LogP contribution in [0.5, 0.6) is 0 Å². The summed E-state index contributed by atoms with van der Waals surface area (Å²) in [6, 6.07) is 16.8. The van der Waals surface area contributed by atoms with Gasteiger partial charge in [0, 0.05) is 6.26 Å². The van der Waals surface area contributed by atoms with Crippen LogP contribution in [0.2, 0.25) is 0 Å². The van der Waals surface area contributed by atoms with Crippen LogP contribution in [0.3, 0.4) is 0 Å².